The maximum atomic E-state index is 5.83. The maximum Gasteiger partial charge on any atom is 0.193 e. The molecular weight excluding hydrogens is 254 g/mol. The van der Waals surface area contributed by atoms with Gasteiger partial charge >= 0.3 is 0 Å². The number of aliphatic imine (C=N–C) groups is 1. The Morgan fingerprint density at radius 1 is 1.30 bits per heavy atom. The number of rotatable bonds is 8. The van der Waals surface area contributed by atoms with Gasteiger partial charge in [0, 0.05) is 12.8 Å². The molecular formula is C15H25N3O2. The Morgan fingerprint density at radius 2 is 2.10 bits per heavy atom. The van der Waals surface area contributed by atoms with Gasteiger partial charge in [0.2, 0.25) is 0 Å². The van der Waals surface area contributed by atoms with Gasteiger partial charge in [0.15, 0.2) is 5.96 Å². The predicted octanol–water partition coefficient (Wildman–Crippen LogP) is 2.20. The summed E-state index contributed by atoms with van der Waals surface area (Å²) in [6, 6.07) is 8.18. The summed E-state index contributed by atoms with van der Waals surface area (Å²) >= 11 is 0. The zero-order chi connectivity index (χ0) is 14.8. The van der Waals surface area contributed by atoms with Crippen molar-refractivity contribution >= 4 is 11.6 Å². The van der Waals surface area contributed by atoms with Crippen LogP contribution in [-0.2, 0) is 9.47 Å². The van der Waals surface area contributed by atoms with E-state index in [9.17, 15) is 0 Å². The first kappa shape index (κ1) is 16.5. The Hall–Kier alpha value is -1.59. The second kappa shape index (κ2) is 9.34. The van der Waals surface area contributed by atoms with E-state index in [1.165, 1.54) is 5.56 Å². The molecule has 5 nitrogen and oxygen atoms in total. The van der Waals surface area contributed by atoms with E-state index in [2.05, 4.69) is 36.3 Å². The number of guanidine groups is 1. The van der Waals surface area contributed by atoms with Crippen LogP contribution in [0.2, 0.25) is 0 Å². The predicted molar refractivity (Wildman–Crippen MR) is 83.3 cm³/mol. The Kier molecular flexibility index (Phi) is 7.69. The van der Waals surface area contributed by atoms with Crippen molar-refractivity contribution in [3.63, 3.8) is 0 Å². The molecule has 0 spiro atoms. The number of ether oxygens (including phenoxy) is 2. The molecule has 0 unspecified atom stereocenters. The third-order valence-corrected chi connectivity index (χ3v) is 2.78. The van der Waals surface area contributed by atoms with Gasteiger partial charge < -0.3 is 20.5 Å². The highest BCUT2D eigenvalue weighted by Gasteiger charge is 2.00. The fourth-order valence-corrected chi connectivity index (χ4v) is 1.64. The van der Waals surface area contributed by atoms with E-state index in [0.717, 1.165) is 5.69 Å². The summed E-state index contributed by atoms with van der Waals surface area (Å²) in [4.78, 5) is 4.21. The number of hydrogen-bond donors (Lipinski definition) is 2. The lowest BCUT2D eigenvalue weighted by Crippen LogP contribution is -2.23. The van der Waals surface area contributed by atoms with Crippen LogP contribution in [0, 0.1) is 0 Å². The van der Waals surface area contributed by atoms with E-state index in [-0.39, 0.29) is 0 Å². The van der Waals surface area contributed by atoms with Crippen molar-refractivity contribution in [2.75, 3.05) is 38.8 Å². The lowest BCUT2D eigenvalue weighted by Gasteiger charge is -2.10. The van der Waals surface area contributed by atoms with Crippen molar-refractivity contribution in [2.24, 2.45) is 10.7 Å². The second-order valence-corrected chi connectivity index (χ2v) is 4.78. The molecule has 1 rings (SSSR count). The summed E-state index contributed by atoms with van der Waals surface area (Å²) < 4.78 is 10.2. The van der Waals surface area contributed by atoms with Gasteiger partial charge in [-0.15, -0.1) is 0 Å². The van der Waals surface area contributed by atoms with Crippen LogP contribution in [0.5, 0.6) is 0 Å². The number of anilines is 1. The Bertz CT molecular complexity index is 419. The minimum Gasteiger partial charge on any atom is -0.382 e. The summed E-state index contributed by atoms with van der Waals surface area (Å²) in [7, 11) is 1.65. The van der Waals surface area contributed by atoms with Crippen LogP contribution < -0.4 is 11.1 Å². The number of nitrogens with two attached hydrogens (primary N) is 1. The highest BCUT2D eigenvalue weighted by Crippen LogP contribution is 2.18. The topological polar surface area (TPSA) is 68.9 Å². The first-order valence-corrected chi connectivity index (χ1v) is 6.87. The Morgan fingerprint density at radius 3 is 2.80 bits per heavy atom. The molecule has 0 heterocycles. The van der Waals surface area contributed by atoms with Crippen molar-refractivity contribution < 1.29 is 9.47 Å². The number of hydrogen-bond acceptors (Lipinski definition) is 3. The van der Waals surface area contributed by atoms with Crippen LogP contribution >= 0.6 is 0 Å². The van der Waals surface area contributed by atoms with E-state index in [4.69, 9.17) is 15.2 Å². The second-order valence-electron chi connectivity index (χ2n) is 4.78. The van der Waals surface area contributed by atoms with Gasteiger partial charge in [-0.05, 0) is 23.6 Å². The minimum atomic E-state index is 0.404. The summed E-state index contributed by atoms with van der Waals surface area (Å²) in [5, 5.41) is 3.09. The Labute approximate surface area is 121 Å². The zero-order valence-corrected chi connectivity index (χ0v) is 12.6. The molecule has 0 aliphatic rings. The highest BCUT2D eigenvalue weighted by molar-refractivity contribution is 5.92. The molecule has 3 N–H and O–H groups in total. The largest absolute Gasteiger partial charge is 0.382 e. The van der Waals surface area contributed by atoms with Gasteiger partial charge in [0.1, 0.15) is 0 Å². The number of methoxy groups -OCH3 is 1. The van der Waals surface area contributed by atoms with Crippen LogP contribution in [0.3, 0.4) is 0 Å². The molecule has 112 valence electrons. The molecule has 0 bridgehead atoms. The zero-order valence-electron chi connectivity index (χ0n) is 12.6. The lowest BCUT2D eigenvalue weighted by molar-refractivity contribution is 0.0748. The molecule has 0 aliphatic heterocycles. The fourth-order valence-electron chi connectivity index (χ4n) is 1.64. The van der Waals surface area contributed by atoms with Crippen molar-refractivity contribution in [3.05, 3.63) is 29.8 Å². The average Bonchev–Trinajstić information content (AvgIpc) is 2.43. The summed E-state index contributed by atoms with van der Waals surface area (Å²) in [6.07, 6.45) is 0. The normalized spacial score (nSPS) is 11.9. The number of benzene rings is 1. The van der Waals surface area contributed by atoms with Crippen LogP contribution in [0.25, 0.3) is 0 Å². The number of nitrogens with zero attached hydrogens (tertiary/aromatic N) is 1. The van der Waals surface area contributed by atoms with E-state index >= 15 is 0 Å². The van der Waals surface area contributed by atoms with Gasteiger partial charge in [-0.3, -0.25) is 4.99 Å². The van der Waals surface area contributed by atoms with Gasteiger partial charge in [-0.25, -0.2) is 0 Å². The van der Waals surface area contributed by atoms with Gasteiger partial charge in [-0.2, -0.15) is 0 Å². The first-order valence-electron chi connectivity index (χ1n) is 6.87. The van der Waals surface area contributed by atoms with Crippen molar-refractivity contribution in [3.8, 4) is 0 Å². The third kappa shape index (κ3) is 6.54. The fraction of sp³-hybridized carbons (Fsp3) is 0.533. The molecule has 0 amide bonds. The molecule has 0 fully saturated rings. The highest BCUT2D eigenvalue weighted by atomic mass is 16.5. The molecule has 1 aromatic carbocycles. The van der Waals surface area contributed by atoms with Crippen LogP contribution in [0.4, 0.5) is 5.69 Å². The molecule has 0 aromatic heterocycles. The van der Waals surface area contributed by atoms with Gasteiger partial charge in [0.05, 0.1) is 26.4 Å². The van der Waals surface area contributed by atoms with E-state index in [1.54, 1.807) is 7.11 Å². The quantitative estimate of drug-likeness (QED) is 0.435. The summed E-state index contributed by atoms with van der Waals surface area (Å²) in [6.45, 7) is 6.57. The van der Waals surface area contributed by atoms with Crippen molar-refractivity contribution in [1.29, 1.82) is 0 Å². The summed E-state index contributed by atoms with van der Waals surface area (Å²) in [5.74, 6) is 0.894. The lowest BCUT2D eigenvalue weighted by atomic mass is 10.0. The SMILES string of the molecule is COCCOCCN=C(N)Nc1cccc(C(C)C)c1. The van der Waals surface area contributed by atoms with Crippen molar-refractivity contribution in [2.45, 2.75) is 19.8 Å². The molecule has 5 heteroatoms. The van der Waals surface area contributed by atoms with Crippen LogP contribution in [-0.4, -0.2) is 39.4 Å². The van der Waals surface area contributed by atoms with E-state index in [0.29, 0.717) is 38.2 Å². The van der Waals surface area contributed by atoms with Crippen LogP contribution in [0.15, 0.2) is 29.3 Å². The summed E-state index contributed by atoms with van der Waals surface area (Å²) in [5.41, 5.74) is 8.06. The van der Waals surface area contributed by atoms with Crippen molar-refractivity contribution in [1.82, 2.24) is 0 Å². The maximum absolute atomic E-state index is 5.83. The smallest absolute Gasteiger partial charge is 0.193 e. The average molecular weight is 279 g/mol. The molecule has 0 saturated carbocycles. The Balaban J connectivity index is 2.37. The molecule has 0 atom stereocenters. The molecule has 0 aliphatic carbocycles. The third-order valence-electron chi connectivity index (χ3n) is 2.78. The van der Waals surface area contributed by atoms with Crippen LogP contribution in [0.1, 0.15) is 25.3 Å². The van der Waals surface area contributed by atoms with Gasteiger partial charge in [-0.1, -0.05) is 26.0 Å². The molecule has 1 aromatic rings. The molecule has 20 heavy (non-hydrogen) atoms. The monoisotopic (exact) mass is 279 g/mol. The standard InChI is InChI=1S/C15H25N3O2/c1-12(2)13-5-4-6-14(11-13)18-15(16)17-7-8-20-10-9-19-3/h4-6,11-12H,7-10H2,1-3H3,(H3,16,17,18). The van der Waals surface area contributed by atoms with E-state index in [1.807, 2.05) is 12.1 Å². The molecule has 0 saturated heterocycles. The minimum absolute atomic E-state index is 0.404. The van der Waals surface area contributed by atoms with Gasteiger partial charge in [0.25, 0.3) is 0 Å². The molecule has 0 radical (unpaired) electrons. The van der Waals surface area contributed by atoms with E-state index < -0.39 is 0 Å². The number of nitrogens with one attached hydrogen (secondary N) is 1. The first-order chi connectivity index (χ1) is 9.63.